The number of thioether (sulfide) groups is 1. The van der Waals surface area contributed by atoms with Crippen LogP contribution in [0.2, 0.25) is 10.0 Å². The van der Waals surface area contributed by atoms with Gasteiger partial charge in [-0.2, -0.15) is 0 Å². The molecule has 0 radical (unpaired) electrons. The summed E-state index contributed by atoms with van der Waals surface area (Å²) in [6.45, 7) is -0.489. The fourth-order valence-electron chi connectivity index (χ4n) is 2.73. The van der Waals surface area contributed by atoms with Gasteiger partial charge in [-0.15, -0.1) is 0 Å². The summed E-state index contributed by atoms with van der Waals surface area (Å²) in [6, 6.07) is 8.63. The van der Waals surface area contributed by atoms with E-state index < -0.39 is 22.0 Å². The third-order valence-electron chi connectivity index (χ3n) is 4.22. The standard InChI is InChI=1S/C20H14Cl2N2O7S/c1-30-17(25)10-31-18-14(21)6-12(7-15(18)22)8-16-19(26)23(20(27)32-16)9-11-3-2-4-13(5-11)24(28)29/h2-8H,9-10H2,1H3. The second-order valence-electron chi connectivity index (χ2n) is 6.37. The Bertz CT molecular complexity index is 1130. The first-order valence-electron chi connectivity index (χ1n) is 8.87. The molecule has 1 heterocycles. The third-order valence-corrected chi connectivity index (χ3v) is 5.68. The topological polar surface area (TPSA) is 116 Å². The minimum atomic E-state index is -0.612. The zero-order valence-electron chi connectivity index (χ0n) is 16.4. The molecule has 1 aliphatic heterocycles. The smallest absolute Gasteiger partial charge is 0.343 e. The van der Waals surface area contributed by atoms with Crippen molar-refractivity contribution in [3.05, 3.63) is 72.6 Å². The van der Waals surface area contributed by atoms with Crippen LogP contribution in [-0.2, 0) is 20.9 Å². The first-order valence-corrected chi connectivity index (χ1v) is 10.4. The van der Waals surface area contributed by atoms with Crippen LogP contribution >= 0.6 is 35.0 Å². The molecule has 0 unspecified atom stereocenters. The van der Waals surface area contributed by atoms with E-state index in [1.165, 1.54) is 43.5 Å². The number of esters is 1. The highest BCUT2D eigenvalue weighted by atomic mass is 35.5. The summed E-state index contributed by atoms with van der Waals surface area (Å²) in [5, 5.41) is 10.6. The maximum absolute atomic E-state index is 12.7. The van der Waals surface area contributed by atoms with Gasteiger partial charge in [-0.25, -0.2) is 4.79 Å². The van der Waals surface area contributed by atoms with Crippen LogP contribution in [-0.4, -0.2) is 40.7 Å². The van der Waals surface area contributed by atoms with E-state index in [2.05, 4.69) is 4.74 Å². The normalized spacial score (nSPS) is 14.7. The Kier molecular flexibility index (Phi) is 7.39. The van der Waals surface area contributed by atoms with Crippen LogP contribution in [0.15, 0.2) is 41.3 Å². The molecule has 0 atom stereocenters. The van der Waals surface area contributed by atoms with Crippen LogP contribution in [0, 0.1) is 10.1 Å². The van der Waals surface area contributed by atoms with E-state index in [1.54, 1.807) is 6.07 Å². The molecule has 0 aliphatic carbocycles. The summed E-state index contributed by atoms with van der Waals surface area (Å²) in [4.78, 5) is 47.8. The number of imide groups is 1. The summed E-state index contributed by atoms with van der Waals surface area (Å²) in [5.74, 6) is -1.09. The number of methoxy groups -OCH3 is 1. The number of hydrogen-bond donors (Lipinski definition) is 0. The molecule has 32 heavy (non-hydrogen) atoms. The maximum Gasteiger partial charge on any atom is 0.343 e. The van der Waals surface area contributed by atoms with E-state index in [-0.39, 0.29) is 39.5 Å². The molecule has 2 aromatic carbocycles. The quantitative estimate of drug-likeness (QED) is 0.234. The highest BCUT2D eigenvalue weighted by molar-refractivity contribution is 8.18. The van der Waals surface area contributed by atoms with Gasteiger partial charge in [-0.05, 0) is 41.1 Å². The lowest BCUT2D eigenvalue weighted by Crippen LogP contribution is -2.27. The van der Waals surface area contributed by atoms with Crippen LogP contribution in [0.1, 0.15) is 11.1 Å². The van der Waals surface area contributed by atoms with Crippen molar-refractivity contribution >= 4 is 63.8 Å². The lowest BCUT2D eigenvalue weighted by Gasteiger charge is -2.12. The van der Waals surface area contributed by atoms with E-state index in [1.807, 2.05) is 0 Å². The molecule has 1 aliphatic rings. The van der Waals surface area contributed by atoms with Crippen molar-refractivity contribution < 1.29 is 28.8 Å². The molecule has 2 amide bonds. The molecule has 166 valence electrons. The van der Waals surface area contributed by atoms with Crippen molar-refractivity contribution in [2.24, 2.45) is 0 Å². The summed E-state index contributed by atoms with van der Waals surface area (Å²) in [5.41, 5.74) is 0.746. The summed E-state index contributed by atoms with van der Waals surface area (Å²) in [7, 11) is 1.21. The lowest BCUT2D eigenvalue weighted by molar-refractivity contribution is -0.384. The van der Waals surface area contributed by atoms with Gasteiger partial charge in [0.1, 0.15) is 0 Å². The van der Waals surface area contributed by atoms with Gasteiger partial charge in [0, 0.05) is 12.1 Å². The average molecular weight is 497 g/mol. The van der Waals surface area contributed by atoms with Gasteiger partial charge in [0.15, 0.2) is 12.4 Å². The van der Waals surface area contributed by atoms with Crippen molar-refractivity contribution in [3.63, 3.8) is 0 Å². The molecule has 0 aromatic heterocycles. The van der Waals surface area contributed by atoms with Crippen LogP contribution in [0.5, 0.6) is 5.75 Å². The predicted octanol–water partition coefficient (Wildman–Crippen LogP) is 4.69. The average Bonchev–Trinajstić information content (AvgIpc) is 3.00. The van der Waals surface area contributed by atoms with Crippen molar-refractivity contribution in [2.75, 3.05) is 13.7 Å². The van der Waals surface area contributed by atoms with Crippen LogP contribution < -0.4 is 4.74 Å². The van der Waals surface area contributed by atoms with E-state index in [9.17, 15) is 24.5 Å². The summed E-state index contributed by atoms with van der Waals surface area (Å²) in [6.07, 6.45) is 1.44. The van der Waals surface area contributed by atoms with Crippen LogP contribution in [0.4, 0.5) is 10.5 Å². The molecule has 12 heteroatoms. The lowest BCUT2D eigenvalue weighted by atomic mass is 10.1. The molecule has 1 saturated heterocycles. The number of hydrogen-bond acceptors (Lipinski definition) is 8. The van der Waals surface area contributed by atoms with Crippen molar-refractivity contribution in [2.45, 2.75) is 6.54 Å². The van der Waals surface area contributed by atoms with E-state index in [0.717, 1.165) is 16.7 Å². The number of halogens is 2. The number of carbonyl (C=O) groups is 3. The molecule has 0 N–H and O–H groups in total. The number of nitro groups is 1. The van der Waals surface area contributed by atoms with Crippen LogP contribution in [0.25, 0.3) is 6.08 Å². The van der Waals surface area contributed by atoms with E-state index >= 15 is 0 Å². The number of rotatable bonds is 7. The monoisotopic (exact) mass is 496 g/mol. The Hall–Kier alpha value is -3.08. The van der Waals surface area contributed by atoms with E-state index in [0.29, 0.717) is 11.1 Å². The van der Waals surface area contributed by atoms with Crippen molar-refractivity contribution in [1.29, 1.82) is 0 Å². The molecule has 0 bridgehead atoms. The minimum absolute atomic E-state index is 0.0784. The molecule has 0 spiro atoms. The Morgan fingerprint density at radius 1 is 1.22 bits per heavy atom. The number of amides is 2. The van der Waals surface area contributed by atoms with Gasteiger partial charge in [-0.1, -0.05) is 35.3 Å². The molecule has 2 aromatic rings. The zero-order valence-corrected chi connectivity index (χ0v) is 18.7. The summed E-state index contributed by atoms with van der Waals surface area (Å²) >= 11 is 13.1. The Morgan fingerprint density at radius 2 is 1.91 bits per heavy atom. The molecule has 1 fully saturated rings. The molecule has 9 nitrogen and oxygen atoms in total. The Morgan fingerprint density at radius 3 is 2.53 bits per heavy atom. The highest BCUT2D eigenvalue weighted by Crippen LogP contribution is 2.38. The maximum atomic E-state index is 12.7. The number of nitrogens with zero attached hydrogens (tertiary/aromatic N) is 2. The van der Waals surface area contributed by atoms with Crippen molar-refractivity contribution in [1.82, 2.24) is 4.90 Å². The fraction of sp³-hybridized carbons (Fsp3) is 0.150. The second-order valence-corrected chi connectivity index (χ2v) is 8.18. The number of benzene rings is 2. The number of carbonyl (C=O) groups excluding carboxylic acids is 3. The van der Waals surface area contributed by atoms with Gasteiger partial charge < -0.3 is 9.47 Å². The zero-order chi connectivity index (χ0) is 23.4. The Balaban J connectivity index is 1.79. The predicted molar refractivity (Wildman–Crippen MR) is 119 cm³/mol. The molecular weight excluding hydrogens is 483 g/mol. The highest BCUT2D eigenvalue weighted by Gasteiger charge is 2.35. The Labute approximate surface area is 196 Å². The number of nitro benzene ring substituents is 1. The van der Waals surface area contributed by atoms with E-state index in [4.69, 9.17) is 27.9 Å². The number of non-ortho nitro benzene ring substituents is 1. The number of ether oxygens (including phenoxy) is 2. The van der Waals surface area contributed by atoms with Crippen molar-refractivity contribution in [3.8, 4) is 5.75 Å². The summed E-state index contributed by atoms with van der Waals surface area (Å²) < 4.78 is 9.74. The third kappa shape index (κ3) is 5.39. The van der Waals surface area contributed by atoms with Gasteiger partial charge in [0.2, 0.25) is 0 Å². The van der Waals surface area contributed by atoms with Gasteiger partial charge in [-0.3, -0.25) is 24.6 Å². The van der Waals surface area contributed by atoms with Gasteiger partial charge >= 0.3 is 5.97 Å². The van der Waals surface area contributed by atoms with Gasteiger partial charge in [0.05, 0.1) is 33.5 Å². The second kappa shape index (κ2) is 10.0. The largest absolute Gasteiger partial charge is 0.479 e. The fourth-order valence-corrected chi connectivity index (χ4v) is 4.18. The first-order chi connectivity index (χ1) is 15.2. The van der Waals surface area contributed by atoms with Crippen LogP contribution in [0.3, 0.4) is 0 Å². The first kappa shape index (κ1) is 23.6. The SMILES string of the molecule is COC(=O)COc1c(Cl)cc(C=C2SC(=O)N(Cc3cccc([N+](=O)[O-])c3)C2=O)cc1Cl. The molecule has 3 rings (SSSR count). The van der Waals surface area contributed by atoms with Gasteiger partial charge in [0.25, 0.3) is 16.8 Å². The minimum Gasteiger partial charge on any atom is -0.479 e. The molecule has 0 saturated carbocycles. The molecular formula is C20H14Cl2N2O7S.